The Kier molecular flexibility index (Phi) is 5.02. The van der Waals surface area contributed by atoms with Crippen LogP contribution in [-0.4, -0.2) is 29.7 Å². The molecule has 0 amide bonds. The van der Waals surface area contributed by atoms with Gasteiger partial charge in [-0.1, -0.05) is 41.5 Å². The molecular formula is C31H50O3. The van der Waals surface area contributed by atoms with Gasteiger partial charge in [0, 0.05) is 11.8 Å². The van der Waals surface area contributed by atoms with Crippen LogP contribution < -0.4 is 0 Å². The van der Waals surface area contributed by atoms with E-state index in [0.29, 0.717) is 45.2 Å². The number of hydrogen-bond donors (Lipinski definition) is 1. The number of aliphatic hydroxyl groups is 1. The van der Waals surface area contributed by atoms with Crippen LogP contribution >= 0.6 is 0 Å². The van der Waals surface area contributed by atoms with Crippen LogP contribution in [0.5, 0.6) is 0 Å². The maximum Gasteiger partial charge on any atom is 0.138 e. The molecule has 1 aliphatic heterocycles. The van der Waals surface area contributed by atoms with E-state index in [2.05, 4.69) is 41.5 Å². The highest BCUT2D eigenvalue weighted by molar-refractivity contribution is 5.86. The molecule has 1 saturated heterocycles. The molecule has 0 unspecified atom stereocenters. The third-order valence-corrected chi connectivity index (χ3v) is 14.3. The third kappa shape index (κ3) is 2.60. The average molecular weight is 471 g/mol. The first-order valence-electron chi connectivity index (χ1n) is 14.7. The number of hydrogen-bond acceptors (Lipinski definition) is 3. The Hall–Kier alpha value is -0.410. The van der Waals surface area contributed by atoms with Gasteiger partial charge in [0.1, 0.15) is 5.78 Å². The Balaban J connectivity index is 1.26. The smallest absolute Gasteiger partial charge is 0.138 e. The van der Waals surface area contributed by atoms with E-state index in [0.717, 1.165) is 31.3 Å². The molecule has 0 aromatic heterocycles. The molecule has 6 rings (SSSR count). The monoisotopic (exact) mass is 470 g/mol. The van der Waals surface area contributed by atoms with Crippen molar-refractivity contribution in [1.82, 2.24) is 0 Å². The van der Waals surface area contributed by atoms with E-state index in [1.807, 2.05) is 0 Å². The lowest BCUT2D eigenvalue weighted by atomic mass is 9.42. The van der Waals surface area contributed by atoms with Crippen molar-refractivity contribution in [3.8, 4) is 0 Å². The number of aliphatic hydroxyl groups excluding tert-OH is 1. The van der Waals surface area contributed by atoms with Crippen molar-refractivity contribution in [2.24, 2.45) is 56.7 Å². The van der Waals surface area contributed by atoms with E-state index in [4.69, 9.17) is 4.74 Å². The Labute approximate surface area is 208 Å². The molecule has 1 heterocycles. The third-order valence-electron chi connectivity index (χ3n) is 14.3. The molecule has 6 fully saturated rings. The number of Topliss-reactive ketones (excluding diaryl/α,β-unsaturated/α-hetero) is 1. The molecule has 9 atom stereocenters. The minimum atomic E-state index is -0.320. The van der Waals surface area contributed by atoms with Crippen LogP contribution in [0.4, 0.5) is 0 Å². The van der Waals surface area contributed by atoms with E-state index in [-0.39, 0.29) is 17.6 Å². The maximum atomic E-state index is 12.9. The highest BCUT2D eigenvalue weighted by Gasteiger charge is 2.82. The van der Waals surface area contributed by atoms with Crippen molar-refractivity contribution in [3.05, 3.63) is 0 Å². The normalized spacial score (nSPS) is 55.8. The van der Waals surface area contributed by atoms with E-state index < -0.39 is 0 Å². The van der Waals surface area contributed by atoms with Crippen molar-refractivity contribution < 1.29 is 14.6 Å². The number of carbonyl (C=O) groups is 1. The minimum absolute atomic E-state index is 0.109. The lowest BCUT2D eigenvalue weighted by Gasteiger charge is -2.63. The van der Waals surface area contributed by atoms with Gasteiger partial charge in [0.05, 0.1) is 18.8 Å². The van der Waals surface area contributed by atoms with Gasteiger partial charge in [-0.2, -0.15) is 0 Å². The summed E-state index contributed by atoms with van der Waals surface area (Å²) in [7, 11) is 0. The average Bonchev–Trinajstić information content (AvgIpc) is 3.39. The fraction of sp³-hybridized carbons (Fsp3) is 0.968. The number of ketones is 1. The predicted molar refractivity (Wildman–Crippen MR) is 135 cm³/mol. The molecular weight excluding hydrogens is 420 g/mol. The fourth-order valence-corrected chi connectivity index (χ4v) is 11.9. The van der Waals surface area contributed by atoms with E-state index in [1.165, 1.54) is 57.8 Å². The van der Waals surface area contributed by atoms with Gasteiger partial charge in [-0.15, -0.1) is 0 Å². The van der Waals surface area contributed by atoms with Crippen molar-refractivity contribution in [2.75, 3.05) is 13.2 Å². The van der Waals surface area contributed by atoms with Gasteiger partial charge in [-0.25, -0.2) is 0 Å². The van der Waals surface area contributed by atoms with Crippen molar-refractivity contribution in [3.63, 3.8) is 0 Å². The van der Waals surface area contributed by atoms with E-state index in [9.17, 15) is 9.90 Å². The zero-order valence-corrected chi connectivity index (χ0v) is 22.8. The molecule has 5 aliphatic carbocycles. The molecule has 192 valence electrons. The van der Waals surface area contributed by atoms with Crippen LogP contribution in [0.15, 0.2) is 0 Å². The largest absolute Gasteiger partial charge is 0.393 e. The first-order valence-corrected chi connectivity index (χ1v) is 14.7. The molecule has 3 nitrogen and oxygen atoms in total. The molecule has 5 saturated carbocycles. The summed E-state index contributed by atoms with van der Waals surface area (Å²) in [5.41, 5.74) is 1.41. The minimum Gasteiger partial charge on any atom is -0.393 e. The molecule has 2 spiro atoms. The molecule has 0 radical (unpaired) electrons. The highest BCUT2D eigenvalue weighted by atomic mass is 16.5. The van der Waals surface area contributed by atoms with Gasteiger partial charge in [0.25, 0.3) is 0 Å². The topological polar surface area (TPSA) is 46.5 Å². The predicted octanol–water partition coefficient (Wildman–Crippen LogP) is 6.81. The van der Waals surface area contributed by atoms with Gasteiger partial charge >= 0.3 is 0 Å². The summed E-state index contributed by atoms with van der Waals surface area (Å²) in [4.78, 5) is 12.9. The van der Waals surface area contributed by atoms with Gasteiger partial charge < -0.3 is 9.84 Å². The van der Waals surface area contributed by atoms with Gasteiger partial charge in [-0.3, -0.25) is 4.79 Å². The molecule has 0 aromatic carbocycles. The lowest BCUT2D eigenvalue weighted by Crippen LogP contribution is -2.57. The first kappa shape index (κ1) is 24.0. The number of ether oxygens (including phenoxy) is 1. The summed E-state index contributed by atoms with van der Waals surface area (Å²) in [6.45, 7) is 15.3. The summed E-state index contributed by atoms with van der Waals surface area (Å²) in [5.74, 6) is 3.78. The standard InChI is InChI=1S/C31H50O3/c1-20(2)31(19-32)14-9-21(17-34-31)22-10-12-28(6)24-8-7-23-26(3,4)25(33)11-13-29(23)18-30(24,29)16-15-27(22,28)5/h20-24,32H,7-19H2,1-6H3/t21-,22+,23-,24-,27+,28-,29+,30-,31+/m0/s1. The van der Waals surface area contributed by atoms with Crippen LogP contribution in [-0.2, 0) is 9.53 Å². The number of rotatable bonds is 3. The first-order chi connectivity index (χ1) is 15.9. The van der Waals surface area contributed by atoms with Gasteiger partial charge in [-0.05, 0) is 115 Å². The summed E-state index contributed by atoms with van der Waals surface area (Å²) in [5, 5.41) is 10.1. The van der Waals surface area contributed by atoms with Crippen molar-refractivity contribution in [1.29, 1.82) is 0 Å². The molecule has 0 aromatic rings. The maximum absolute atomic E-state index is 12.9. The summed E-state index contributed by atoms with van der Waals surface area (Å²) in [6.07, 6.45) is 13.8. The molecule has 1 N–H and O–H groups in total. The second-order valence-electron chi connectivity index (χ2n) is 15.3. The number of fused-ring (bicyclic) bond motifs is 2. The summed E-state index contributed by atoms with van der Waals surface area (Å²) >= 11 is 0. The Bertz CT molecular complexity index is 868. The van der Waals surface area contributed by atoms with Crippen LogP contribution in [0, 0.1) is 56.7 Å². The second kappa shape index (κ2) is 7.12. The zero-order valence-electron chi connectivity index (χ0n) is 22.8. The van der Waals surface area contributed by atoms with Crippen LogP contribution in [0.1, 0.15) is 112 Å². The SMILES string of the molecule is CC(C)[C@]1(CO)CC[C@H]([C@H]2CC[C@@]3(C)[C@@H]4CC[C@H]5C(C)(C)C(=O)CC[C@@]56C[C@@]46CC[C@]23C)CO1. The Morgan fingerprint density at radius 1 is 0.882 bits per heavy atom. The van der Waals surface area contributed by atoms with E-state index in [1.54, 1.807) is 0 Å². The van der Waals surface area contributed by atoms with Crippen molar-refractivity contribution in [2.45, 2.75) is 118 Å². The Morgan fingerprint density at radius 3 is 2.24 bits per heavy atom. The zero-order chi connectivity index (χ0) is 24.4. The Morgan fingerprint density at radius 2 is 1.59 bits per heavy atom. The number of carbonyl (C=O) groups excluding carboxylic acids is 1. The van der Waals surface area contributed by atoms with Crippen LogP contribution in [0.25, 0.3) is 0 Å². The van der Waals surface area contributed by atoms with Crippen molar-refractivity contribution >= 4 is 5.78 Å². The molecule has 34 heavy (non-hydrogen) atoms. The van der Waals surface area contributed by atoms with Gasteiger partial charge in [0.15, 0.2) is 0 Å². The fourth-order valence-electron chi connectivity index (χ4n) is 11.9. The van der Waals surface area contributed by atoms with Crippen LogP contribution in [0.3, 0.4) is 0 Å². The quantitative estimate of drug-likeness (QED) is 0.493. The van der Waals surface area contributed by atoms with Crippen LogP contribution in [0.2, 0.25) is 0 Å². The summed E-state index contributed by atoms with van der Waals surface area (Å²) in [6, 6.07) is 0. The molecule has 3 heteroatoms. The molecule has 6 aliphatic rings. The summed E-state index contributed by atoms with van der Waals surface area (Å²) < 4.78 is 6.51. The lowest BCUT2D eigenvalue weighted by molar-refractivity contribution is -0.180. The molecule has 0 bridgehead atoms. The van der Waals surface area contributed by atoms with Gasteiger partial charge in [0.2, 0.25) is 0 Å². The highest BCUT2D eigenvalue weighted by Crippen LogP contribution is 2.88. The second-order valence-corrected chi connectivity index (χ2v) is 15.3. The van der Waals surface area contributed by atoms with E-state index >= 15 is 0 Å².